The average molecular weight is 276 g/mol. The van der Waals surface area contributed by atoms with Gasteiger partial charge in [0.2, 0.25) is 5.91 Å². The van der Waals surface area contributed by atoms with Gasteiger partial charge in [0.05, 0.1) is 13.5 Å². The highest BCUT2D eigenvalue weighted by molar-refractivity contribution is 6.30. The van der Waals surface area contributed by atoms with E-state index in [1.807, 2.05) is 24.3 Å². The molecule has 1 N–H and O–H groups in total. The molecule has 0 aliphatic heterocycles. The number of hydrogen-bond donors (Lipinski definition) is 1. The summed E-state index contributed by atoms with van der Waals surface area (Å²) in [5, 5.41) is 3.40. The van der Waals surface area contributed by atoms with Crippen LogP contribution < -0.4 is 10.1 Å². The molecule has 0 spiro atoms. The Kier molecular flexibility index (Phi) is 4.42. The molecule has 0 bridgehead atoms. The van der Waals surface area contributed by atoms with Crippen LogP contribution >= 0.6 is 11.6 Å². The van der Waals surface area contributed by atoms with Gasteiger partial charge in [-0.3, -0.25) is 4.79 Å². The number of carbonyl (C=O) groups is 1. The molecule has 0 fully saturated rings. The molecule has 2 rings (SSSR count). The van der Waals surface area contributed by atoms with E-state index in [1.165, 1.54) is 0 Å². The second-order valence-electron chi connectivity index (χ2n) is 4.08. The van der Waals surface area contributed by atoms with Crippen molar-refractivity contribution >= 4 is 23.2 Å². The molecule has 0 aliphatic carbocycles. The van der Waals surface area contributed by atoms with E-state index >= 15 is 0 Å². The van der Waals surface area contributed by atoms with Crippen LogP contribution in [0.25, 0.3) is 0 Å². The van der Waals surface area contributed by atoms with Crippen molar-refractivity contribution in [1.82, 2.24) is 0 Å². The normalized spacial score (nSPS) is 10.0. The van der Waals surface area contributed by atoms with Crippen molar-refractivity contribution in [3.05, 3.63) is 59.1 Å². The molecule has 98 valence electrons. The van der Waals surface area contributed by atoms with E-state index in [1.54, 1.807) is 31.4 Å². The van der Waals surface area contributed by atoms with Crippen LogP contribution in [0, 0.1) is 0 Å². The molecular weight excluding hydrogens is 262 g/mol. The molecule has 2 aromatic rings. The molecule has 1 amide bonds. The average Bonchev–Trinajstić information content (AvgIpc) is 2.39. The van der Waals surface area contributed by atoms with Gasteiger partial charge >= 0.3 is 0 Å². The van der Waals surface area contributed by atoms with Crippen molar-refractivity contribution in [3.8, 4) is 5.75 Å². The first kappa shape index (κ1) is 13.4. The molecule has 0 aromatic heterocycles. The Labute approximate surface area is 117 Å². The smallest absolute Gasteiger partial charge is 0.228 e. The van der Waals surface area contributed by atoms with Crippen molar-refractivity contribution < 1.29 is 9.53 Å². The van der Waals surface area contributed by atoms with Gasteiger partial charge in [-0.25, -0.2) is 0 Å². The van der Waals surface area contributed by atoms with Crippen molar-refractivity contribution in [2.75, 3.05) is 12.4 Å². The van der Waals surface area contributed by atoms with E-state index in [2.05, 4.69) is 5.32 Å². The molecule has 0 saturated heterocycles. The maximum absolute atomic E-state index is 11.9. The lowest BCUT2D eigenvalue weighted by Crippen LogP contribution is -2.14. The van der Waals surface area contributed by atoms with E-state index in [4.69, 9.17) is 16.3 Å². The summed E-state index contributed by atoms with van der Waals surface area (Å²) in [5.74, 6) is 0.700. The number of halogens is 1. The number of methoxy groups -OCH3 is 1. The van der Waals surface area contributed by atoms with Gasteiger partial charge in [-0.1, -0.05) is 29.8 Å². The molecule has 3 nitrogen and oxygen atoms in total. The number of amides is 1. The van der Waals surface area contributed by atoms with E-state index in [0.717, 1.165) is 11.3 Å². The minimum atomic E-state index is -0.0765. The molecule has 0 aliphatic rings. The van der Waals surface area contributed by atoms with Gasteiger partial charge in [0.15, 0.2) is 0 Å². The zero-order valence-electron chi connectivity index (χ0n) is 10.5. The highest BCUT2D eigenvalue weighted by Gasteiger charge is 2.04. The summed E-state index contributed by atoms with van der Waals surface area (Å²) in [4.78, 5) is 11.9. The van der Waals surface area contributed by atoms with Gasteiger partial charge in [0.25, 0.3) is 0 Å². The first-order valence-electron chi connectivity index (χ1n) is 5.86. The maximum Gasteiger partial charge on any atom is 0.228 e. The molecule has 0 heterocycles. The summed E-state index contributed by atoms with van der Waals surface area (Å²) >= 11 is 5.86. The predicted octanol–water partition coefficient (Wildman–Crippen LogP) is 3.53. The third-order valence-corrected chi connectivity index (χ3v) is 2.87. The molecule has 19 heavy (non-hydrogen) atoms. The monoisotopic (exact) mass is 275 g/mol. The van der Waals surface area contributed by atoms with Gasteiger partial charge in [-0.05, 0) is 35.9 Å². The van der Waals surface area contributed by atoms with Crippen LogP contribution in [0.1, 0.15) is 5.56 Å². The number of rotatable bonds is 4. The SMILES string of the molecule is COc1ccc(CC(=O)Nc2cccc(Cl)c2)cc1. The molecule has 2 aromatic carbocycles. The van der Waals surface area contributed by atoms with Crippen LogP contribution in [0.2, 0.25) is 5.02 Å². The third-order valence-electron chi connectivity index (χ3n) is 2.63. The summed E-state index contributed by atoms with van der Waals surface area (Å²) in [6.07, 6.45) is 0.316. The maximum atomic E-state index is 11.9. The predicted molar refractivity (Wildman–Crippen MR) is 76.8 cm³/mol. The van der Waals surface area contributed by atoms with Crippen LogP contribution in [0.15, 0.2) is 48.5 Å². The molecule has 0 saturated carbocycles. The van der Waals surface area contributed by atoms with Gasteiger partial charge < -0.3 is 10.1 Å². The third kappa shape index (κ3) is 4.00. The molecule has 4 heteroatoms. The Morgan fingerprint density at radius 1 is 1.21 bits per heavy atom. The summed E-state index contributed by atoms with van der Waals surface area (Å²) < 4.78 is 5.07. The number of benzene rings is 2. The van der Waals surface area contributed by atoms with Crippen LogP contribution in [0.3, 0.4) is 0 Å². The zero-order valence-corrected chi connectivity index (χ0v) is 11.3. The lowest BCUT2D eigenvalue weighted by molar-refractivity contribution is -0.115. The number of nitrogens with one attached hydrogen (secondary N) is 1. The Hall–Kier alpha value is -2.00. The quantitative estimate of drug-likeness (QED) is 0.927. The Balaban J connectivity index is 1.97. The number of ether oxygens (including phenoxy) is 1. The van der Waals surface area contributed by atoms with Crippen molar-refractivity contribution in [1.29, 1.82) is 0 Å². The fourth-order valence-electron chi connectivity index (χ4n) is 1.70. The fraction of sp³-hybridized carbons (Fsp3) is 0.133. The topological polar surface area (TPSA) is 38.3 Å². The van der Waals surface area contributed by atoms with Crippen LogP contribution in [-0.2, 0) is 11.2 Å². The van der Waals surface area contributed by atoms with Crippen molar-refractivity contribution in [2.24, 2.45) is 0 Å². The lowest BCUT2D eigenvalue weighted by Gasteiger charge is -2.06. The van der Waals surface area contributed by atoms with Crippen LogP contribution in [-0.4, -0.2) is 13.0 Å². The Morgan fingerprint density at radius 3 is 2.58 bits per heavy atom. The number of carbonyl (C=O) groups excluding carboxylic acids is 1. The highest BCUT2D eigenvalue weighted by Crippen LogP contribution is 2.16. The van der Waals surface area contributed by atoms with E-state index in [0.29, 0.717) is 17.1 Å². The first-order valence-corrected chi connectivity index (χ1v) is 6.23. The van der Waals surface area contributed by atoms with Crippen LogP contribution in [0.5, 0.6) is 5.75 Å². The van der Waals surface area contributed by atoms with Gasteiger partial charge in [-0.2, -0.15) is 0 Å². The Bertz CT molecular complexity index is 567. The van der Waals surface area contributed by atoms with Crippen molar-refractivity contribution in [3.63, 3.8) is 0 Å². The largest absolute Gasteiger partial charge is 0.497 e. The molecule has 0 atom stereocenters. The van der Waals surface area contributed by atoms with E-state index in [9.17, 15) is 4.79 Å². The molecular formula is C15H14ClNO2. The number of hydrogen-bond acceptors (Lipinski definition) is 2. The van der Waals surface area contributed by atoms with E-state index < -0.39 is 0 Å². The second kappa shape index (κ2) is 6.25. The van der Waals surface area contributed by atoms with Gasteiger partial charge in [0.1, 0.15) is 5.75 Å². The highest BCUT2D eigenvalue weighted by atomic mass is 35.5. The minimum Gasteiger partial charge on any atom is -0.497 e. The molecule has 0 radical (unpaired) electrons. The summed E-state index contributed by atoms with van der Waals surface area (Å²) in [7, 11) is 1.61. The lowest BCUT2D eigenvalue weighted by atomic mass is 10.1. The standard InChI is InChI=1S/C15H14ClNO2/c1-19-14-7-5-11(6-8-14)9-15(18)17-13-4-2-3-12(16)10-13/h2-8,10H,9H2,1H3,(H,17,18). The first-order chi connectivity index (χ1) is 9.17. The zero-order chi connectivity index (χ0) is 13.7. The van der Waals surface area contributed by atoms with E-state index in [-0.39, 0.29) is 5.91 Å². The van der Waals surface area contributed by atoms with Crippen molar-refractivity contribution in [2.45, 2.75) is 6.42 Å². The summed E-state index contributed by atoms with van der Waals surface area (Å²) in [6.45, 7) is 0. The Morgan fingerprint density at radius 2 is 1.95 bits per heavy atom. The van der Waals surface area contributed by atoms with Gasteiger partial charge in [0, 0.05) is 10.7 Å². The molecule has 0 unspecified atom stereocenters. The fourth-order valence-corrected chi connectivity index (χ4v) is 1.89. The minimum absolute atomic E-state index is 0.0765. The number of anilines is 1. The van der Waals surface area contributed by atoms with Gasteiger partial charge in [-0.15, -0.1) is 0 Å². The van der Waals surface area contributed by atoms with Crippen LogP contribution in [0.4, 0.5) is 5.69 Å². The summed E-state index contributed by atoms with van der Waals surface area (Å²) in [5.41, 5.74) is 1.63. The second-order valence-corrected chi connectivity index (χ2v) is 4.52. The summed E-state index contributed by atoms with van der Waals surface area (Å²) in [6, 6.07) is 14.5.